The van der Waals surface area contributed by atoms with E-state index in [4.69, 9.17) is 0 Å². The van der Waals surface area contributed by atoms with E-state index in [2.05, 4.69) is 6.92 Å². The Bertz CT molecular complexity index is 754. The van der Waals surface area contributed by atoms with Crippen molar-refractivity contribution in [2.45, 2.75) is 37.6 Å². The number of nitrogens with zero attached hydrogens (tertiary/aromatic N) is 1. The molecule has 0 aromatic heterocycles. The normalized spacial score (nSPS) is 22.9. The summed E-state index contributed by atoms with van der Waals surface area (Å²) in [5, 5.41) is 0. The number of rotatable bonds is 3. The van der Waals surface area contributed by atoms with Crippen LogP contribution in [0.3, 0.4) is 0 Å². The van der Waals surface area contributed by atoms with Crippen molar-refractivity contribution in [3.63, 3.8) is 0 Å². The highest BCUT2D eigenvalue weighted by molar-refractivity contribution is 7.89. The monoisotopic (exact) mass is 329 g/mol. The minimum atomic E-state index is -3.48. The van der Waals surface area contributed by atoms with Gasteiger partial charge in [0, 0.05) is 6.54 Å². The molecule has 1 heterocycles. The lowest BCUT2D eigenvalue weighted by Gasteiger charge is -2.38. The molecule has 2 aromatic rings. The molecule has 0 N–H and O–H groups in total. The summed E-state index contributed by atoms with van der Waals surface area (Å²) < 4.78 is 28.0. The summed E-state index contributed by atoms with van der Waals surface area (Å²) >= 11 is 0. The van der Waals surface area contributed by atoms with Crippen LogP contribution >= 0.6 is 0 Å². The molecule has 3 rings (SSSR count). The Morgan fingerprint density at radius 3 is 2.26 bits per heavy atom. The van der Waals surface area contributed by atoms with Gasteiger partial charge in [0.05, 0.1) is 10.9 Å². The molecule has 1 fully saturated rings. The molecule has 122 valence electrons. The number of piperidine rings is 1. The van der Waals surface area contributed by atoms with Crippen molar-refractivity contribution in [3.8, 4) is 0 Å². The Morgan fingerprint density at radius 2 is 1.61 bits per heavy atom. The van der Waals surface area contributed by atoms with Crippen LogP contribution in [-0.2, 0) is 10.0 Å². The summed E-state index contributed by atoms with van der Waals surface area (Å²) in [7, 11) is -3.48. The van der Waals surface area contributed by atoms with Crippen molar-refractivity contribution < 1.29 is 8.42 Å². The van der Waals surface area contributed by atoms with Crippen LogP contribution in [0.1, 0.15) is 36.9 Å². The summed E-state index contributed by atoms with van der Waals surface area (Å²) in [6, 6.07) is 17.0. The highest BCUT2D eigenvalue weighted by Crippen LogP contribution is 2.37. The van der Waals surface area contributed by atoms with Gasteiger partial charge < -0.3 is 0 Å². The van der Waals surface area contributed by atoms with E-state index < -0.39 is 10.0 Å². The third-order valence-corrected chi connectivity index (χ3v) is 6.47. The zero-order valence-electron chi connectivity index (χ0n) is 13.6. The third-order valence-electron chi connectivity index (χ3n) is 4.58. The smallest absolute Gasteiger partial charge is 0.207 e. The van der Waals surface area contributed by atoms with Gasteiger partial charge in [-0.2, -0.15) is 4.31 Å². The zero-order valence-corrected chi connectivity index (χ0v) is 14.5. The van der Waals surface area contributed by atoms with Gasteiger partial charge in [0.2, 0.25) is 10.0 Å². The van der Waals surface area contributed by atoms with E-state index in [-0.39, 0.29) is 6.04 Å². The van der Waals surface area contributed by atoms with Gasteiger partial charge in [0.15, 0.2) is 0 Å². The molecule has 0 saturated carbocycles. The van der Waals surface area contributed by atoms with E-state index in [0.29, 0.717) is 17.4 Å². The molecule has 4 heteroatoms. The van der Waals surface area contributed by atoms with E-state index in [9.17, 15) is 8.42 Å². The van der Waals surface area contributed by atoms with Crippen LogP contribution in [0.4, 0.5) is 0 Å². The fourth-order valence-electron chi connectivity index (χ4n) is 3.23. The van der Waals surface area contributed by atoms with Crippen LogP contribution in [0.15, 0.2) is 59.5 Å². The molecule has 2 atom stereocenters. The molecule has 1 aliphatic heterocycles. The highest BCUT2D eigenvalue weighted by Gasteiger charge is 2.36. The number of hydrogen-bond donors (Lipinski definition) is 0. The molecule has 23 heavy (non-hydrogen) atoms. The van der Waals surface area contributed by atoms with Gasteiger partial charge in [0.1, 0.15) is 0 Å². The van der Waals surface area contributed by atoms with Gasteiger partial charge in [0.25, 0.3) is 0 Å². The lowest BCUT2D eigenvalue weighted by molar-refractivity contribution is 0.207. The molecule has 0 unspecified atom stereocenters. The Hall–Kier alpha value is -1.65. The van der Waals surface area contributed by atoms with Crippen LogP contribution in [0.5, 0.6) is 0 Å². The number of sulfonamides is 1. The van der Waals surface area contributed by atoms with E-state index in [1.165, 1.54) is 0 Å². The minimum absolute atomic E-state index is 0.0706. The molecule has 1 saturated heterocycles. The topological polar surface area (TPSA) is 37.4 Å². The average molecular weight is 329 g/mol. The summed E-state index contributed by atoms with van der Waals surface area (Å²) in [5.41, 5.74) is 2.14. The lowest BCUT2D eigenvalue weighted by Crippen LogP contribution is -2.41. The Kier molecular flexibility index (Phi) is 4.55. The highest BCUT2D eigenvalue weighted by atomic mass is 32.2. The summed E-state index contributed by atoms with van der Waals surface area (Å²) in [4.78, 5) is 0.387. The maximum absolute atomic E-state index is 13.2. The first-order valence-electron chi connectivity index (χ1n) is 8.12. The van der Waals surface area contributed by atoms with Gasteiger partial charge in [-0.1, -0.05) is 55.0 Å². The van der Waals surface area contributed by atoms with E-state index in [0.717, 1.165) is 24.0 Å². The molecule has 0 aliphatic carbocycles. The van der Waals surface area contributed by atoms with Gasteiger partial charge in [-0.05, 0) is 43.4 Å². The van der Waals surface area contributed by atoms with Crippen LogP contribution in [0, 0.1) is 12.8 Å². The van der Waals surface area contributed by atoms with Crippen molar-refractivity contribution >= 4 is 10.0 Å². The first-order valence-corrected chi connectivity index (χ1v) is 9.56. The largest absolute Gasteiger partial charge is 0.243 e. The quantitative estimate of drug-likeness (QED) is 0.848. The second-order valence-corrected chi connectivity index (χ2v) is 8.39. The SMILES string of the molecule is Cc1ccc(S(=O)(=O)N2C[C@@H](C)CC[C@H]2c2ccccc2)cc1. The summed E-state index contributed by atoms with van der Waals surface area (Å²) in [5.74, 6) is 0.384. The van der Waals surface area contributed by atoms with Gasteiger partial charge in [-0.15, -0.1) is 0 Å². The van der Waals surface area contributed by atoms with E-state index in [1.807, 2.05) is 49.4 Å². The Labute approximate surface area is 139 Å². The van der Waals surface area contributed by atoms with E-state index in [1.54, 1.807) is 16.4 Å². The van der Waals surface area contributed by atoms with Crippen molar-refractivity contribution in [1.82, 2.24) is 4.31 Å². The molecular weight excluding hydrogens is 306 g/mol. The zero-order chi connectivity index (χ0) is 16.4. The standard InChI is InChI=1S/C19H23NO2S/c1-15-8-11-18(12-9-15)23(21,22)20-14-16(2)10-13-19(20)17-6-4-3-5-7-17/h3-9,11-12,16,19H,10,13-14H2,1-2H3/t16-,19-/m0/s1. The third kappa shape index (κ3) is 3.33. The van der Waals surface area contributed by atoms with Gasteiger partial charge in [-0.3, -0.25) is 0 Å². The lowest BCUT2D eigenvalue weighted by atomic mass is 9.92. The molecular formula is C19H23NO2S. The maximum atomic E-state index is 13.2. The molecule has 2 aromatic carbocycles. The van der Waals surface area contributed by atoms with Crippen molar-refractivity contribution in [3.05, 3.63) is 65.7 Å². The predicted molar refractivity (Wildman–Crippen MR) is 92.7 cm³/mol. The second-order valence-electron chi connectivity index (χ2n) is 6.50. The summed E-state index contributed by atoms with van der Waals surface area (Å²) in [6.45, 7) is 4.67. The molecule has 0 amide bonds. The molecule has 0 spiro atoms. The fraction of sp³-hybridized carbons (Fsp3) is 0.368. The second kappa shape index (κ2) is 6.46. The van der Waals surface area contributed by atoms with Crippen LogP contribution < -0.4 is 0 Å². The Morgan fingerprint density at radius 1 is 0.957 bits per heavy atom. The number of hydrogen-bond acceptors (Lipinski definition) is 2. The van der Waals surface area contributed by atoms with Gasteiger partial charge >= 0.3 is 0 Å². The van der Waals surface area contributed by atoms with Crippen molar-refractivity contribution in [1.29, 1.82) is 0 Å². The van der Waals surface area contributed by atoms with Crippen LogP contribution in [-0.4, -0.2) is 19.3 Å². The van der Waals surface area contributed by atoms with Crippen LogP contribution in [0.2, 0.25) is 0 Å². The first kappa shape index (κ1) is 16.2. The number of aryl methyl sites for hydroxylation is 1. The molecule has 3 nitrogen and oxygen atoms in total. The van der Waals surface area contributed by atoms with Crippen molar-refractivity contribution in [2.24, 2.45) is 5.92 Å². The molecule has 1 aliphatic rings. The maximum Gasteiger partial charge on any atom is 0.243 e. The first-order chi connectivity index (χ1) is 11.0. The fourth-order valence-corrected chi connectivity index (χ4v) is 5.00. The minimum Gasteiger partial charge on any atom is -0.207 e. The average Bonchev–Trinajstić information content (AvgIpc) is 2.56. The predicted octanol–water partition coefficient (Wildman–Crippen LogP) is 4.16. The molecule has 0 radical (unpaired) electrons. The Balaban J connectivity index is 2.00. The number of benzene rings is 2. The molecule has 0 bridgehead atoms. The summed E-state index contributed by atoms with van der Waals surface area (Å²) in [6.07, 6.45) is 1.93. The van der Waals surface area contributed by atoms with E-state index >= 15 is 0 Å². The van der Waals surface area contributed by atoms with Crippen LogP contribution in [0.25, 0.3) is 0 Å². The van der Waals surface area contributed by atoms with Gasteiger partial charge in [-0.25, -0.2) is 8.42 Å². The van der Waals surface area contributed by atoms with Crippen molar-refractivity contribution in [2.75, 3.05) is 6.54 Å².